The first-order chi connectivity index (χ1) is 9.04. The summed E-state index contributed by atoms with van der Waals surface area (Å²) in [5.41, 5.74) is 8.65. The standard InChI is InChI=1S/C15H16Cl2N2/c1-19(9-11-3-2-4-13(16)7-11)10-12-5-6-15(18)14(17)8-12/h2-8H,9-10,18H2,1H3. The van der Waals surface area contributed by atoms with Gasteiger partial charge in [-0.05, 0) is 42.4 Å². The zero-order valence-corrected chi connectivity index (χ0v) is 12.2. The van der Waals surface area contributed by atoms with E-state index in [0.717, 1.165) is 23.7 Å². The highest BCUT2D eigenvalue weighted by molar-refractivity contribution is 6.33. The van der Waals surface area contributed by atoms with Gasteiger partial charge >= 0.3 is 0 Å². The minimum Gasteiger partial charge on any atom is -0.398 e. The van der Waals surface area contributed by atoms with E-state index in [1.54, 1.807) is 0 Å². The van der Waals surface area contributed by atoms with Crippen molar-refractivity contribution in [3.05, 3.63) is 63.6 Å². The van der Waals surface area contributed by atoms with Gasteiger partial charge in [0.2, 0.25) is 0 Å². The van der Waals surface area contributed by atoms with Gasteiger partial charge in [0.15, 0.2) is 0 Å². The van der Waals surface area contributed by atoms with E-state index < -0.39 is 0 Å². The first kappa shape index (κ1) is 14.2. The molecule has 0 spiro atoms. The second kappa shape index (κ2) is 6.29. The lowest BCUT2D eigenvalue weighted by Gasteiger charge is -2.17. The van der Waals surface area contributed by atoms with Crippen LogP contribution in [0, 0.1) is 0 Å². The van der Waals surface area contributed by atoms with Crippen LogP contribution in [0.5, 0.6) is 0 Å². The summed E-state index contributed by atoms with van der Waals surface area (Å²) in [6.07, 6.45) is 0. The second-order valence-corrected chi connectivity index (χ2v) is 5.50. The number of nitrogens with zero attached hydrogens (tertiary/aromatic N) is 1. The van der Waals surface area contributed by atoms with Gasteiger partial charge < -0.3 is 5.73 Å². The second-order valence-electron chi connectivity index (χ2n) is 4.66. The van der Waals surface area contributed by atoms with E-state index in [1.165, 1.54) is 5.56 Å². The molecule has 2 N–H and O–H groups in total. The summed E-state index contributed by atoms with van der Waals surface area (Å²) in [5, 5.41) is 1.37. The minimum atomic E-state index is 0.605. The van der Waals surface area contributed by atoms with E-state index in [9.17, 15) is 0 Å². The number of halogens is 2. The summed E-state index contributed by atoms with van der Waals surface area (Å²) in [4.78, 5) is 2.20. The molecule has 0 aromatic heterocycles. The molecule has 0 aliphatic rings. The fourth-order valence-electron chi connectivity index (χ4n) is 1.98. The molecule has 0 amide bonds. The third kappa shape index (κ3) is 4.13. The van der Waals surface area contributed by atoms with Crippen molar-refractivity contribution in [3.63, 3.8) is 0 Å². The predicted octanol–water partition coefficient (Wildman–Crippen LogP) is 4.21. The highest BCUT2D eigenvalue weighted by Crippen LogP contribution is 2.21. The summed E-state index contributed by atoms with van der Waals surface area (Å²) < 4.78 is 0. The molecular formula is C15H16Cl2N2. The SMILES string of the molecule is CN(Cc1cccc(Cl)c1)Cc1ccc(N)c(Cl)c1. The summed E-state index contributed by atoms with van der Waals surface area (Å²) >= 11 is 12.0. The fourth-order valence-corrected chi connectivity index (χ4v) is 2.40. The van der Waals surface area contributed by atoms with Crippen LogP contribution in [0.25, 0.3) is 0 Å². The smallest absolute Gasteiger partial charge is 0.0638 e. The van der Waals surface area contributed by atoms with Crippen LogP contribution in [-0.4, -0.2) is 11.9 Å². The molecule has 0 aliphatic heterocycles. The van der Waals surface area contributed by atoms with E-state index in [4.69, 9.17) is 28.9 Å². The first-order valence-corrected chi connectivity index (χ1v) is 6.77. The molecule has 0 aliphatic carbocycles. The molecule has 2 aromatic rings. The van der Waals surface area contributed by atoms with Gasteiger partial charge in [-0.1, -0.05) is 41.4 Å². The minimum absolute atomic E-state index is 0.605. The quantitative estimate of drug-likeness (QED) is 0.856. The Morgan fingerprint density at radius 3 is 2.32 bits per heavy atom. The summed E-state index contributed by atoms with van der Waals surface area (Å²) in [6.45, 7) is 1.65. The van der Waals surface area contributed by atoms with Crippen LogP contribution in [0.1, 0.15) is 11.1 Å². The highest BCUT2D eigenvalue weighted by atomic mass is 35.5. The third-order valence-corrected chi connectivity index (χ3v) is 3.42. The maximum atomic E-state index is 6.02. The Balaban J connectivity index is 2.01. The Bertz CT molecular complexity index is 570. The number of hydrogen-bond donors (Lipinski definition) is 1. The van der Waals surface area contributed by atoms with Crippen LogP contribution >= 0.6 is 23.2 Å². The molecule has 0 unspecified atom stereocenters. The average Bonchev–Trinajstić information content (AvgIpc) is 2.34. The largest absolute Gasteiger partial charge is 0.398 e. The number of hydrogen-bond acceptors (Lipinski definition) is 2. The lowest BCUT2D eigenvalue weighted by molar-refractivity contribution is 0.319. The summed E-state index contributed by atoms with van der Waals surface area (Å²) in [6, 6.07) is 13.6. The Labute approximate surface area is 123 Å². The number of anilines is 1. The Morgan fingerprint density at radius 2 is 1.68 bits per heavy atom. The van der Waals surface area contributed by atoms with E-state index in [1.807, 2.05) is 36.4 Å². The topological polar surface area (TPSA) is 29.3 Å². The molecule has 4 heteroatoms. The maximum absolute atomic E-state index is 6.02. The summed E-state index contributed by atoms with van der Waals surface area (Å²) in [5.74, 6) is 0. The molecule has 0 radical (unpaired) electrons. The zero-order valence-electron chi connectivity index (χ0n) is 10.7. The molecule has 2 rings (SSSR count). The normalized spacial score (nSPS) is 10.9. The van der Waals surface area contributed by atoms with Gasteiger partial charge in [-0.25, -0.2) is 0 Å². The molecule has 0 atom stereocenters. The van der Waals surface area contributed by atoms with Crippen molar-refractivity contribution in [2.45, 2.75) is 13.1 Å². The van der Waals surface area contributed by atoms with E-state index in [0.29, 0.717) is 10.7 Å². The first-order valence-electron chi connectivity index (χ1n) is 6.01. The lowest BCUT2D eigenvalue weighted by atomic mass is 10.1. The zero-order chi connectivity index (χ0) is 13.8. The van der Waals surface area contributed by atoms with Gasteiger partial charge in [0, 0.05) is 18.1 Å². The van der Waals surface area contributed by atoms with E-state index >= 15 is 0 Å². The number of nitrogens with two attached hydrogens (primary N) is 1. The molecule has 100 valence electrons. The third-order valence-electron chi connectivity index (χ3n) is 2.86. The van der Waals surface area contributed by atoms with Crippen molar-refractivity contribution in [2.24, 2.45) is 0 Å². The molecule has 2 aromatic carbocycles. The predicted molar refractivity (Wildman–Crippen MR) is 82.5 cm³/mol. The van der Waals surface area contributed by atoms with E-state index in [2.05, 4.69) is 18.0 Å². The van der Waals surface area contributed by atoms with Crippen molar-refractivity contribution < 1.29 is 0 Å². The fraction of sp³-hybridized carbons (Fsp3) is 0.200. The number of rotatable bonds is 4. The van der Waals surface area contributed by atoms with Gasteiger partial charge in [-0.15, -0.1) is 0 Å². The van der Waals surface area contributed by atoms with Crippen LogP contribution in [0.4, 0.5) is 5.69 Å². The number of nitrogen functional groups attached to an aromatic ring is 1. The Kier molecular flexibility index (Phi) is 4.70. The van der Waals surface area contributed by atoms with Crippen LogP contribution in [-0.2, 0) is 13.1 Å². The summed E-state index contributed by atoms with van der Waals surface area (Å²) in [7, 11) is 2.06. The average molecular weight is 295 g/mol. The highest BCUT2D eigenvalue weighted by Gasteiger charge is 2.04. The van der Waals surface area contributed by atoms with Gasteiger partial charge in [-0.2, -0.15) is 0 Å². The molecule has 0 bridgehead atoms. The monoisotopic (exact) mass is 294 g/mol. The molecule has 0 fully saturated rings. The van der Waals surface area contributed by atoms with Gasteiger partial charge in [0.25, 0.3) is 0 Å². The van der Waals surface area contributed by atoms with Gasteiger partial charge in [0.05, 0.1) is 10.7 Å². The molecule has 0 heterocycles. The lowest BCUT2D eigenvalue weighted by Crippen LogP contribution is -2.17. The van der Waals surface area contributed by atoms with Crippen LogP contribution < -0.4 is 5.73 Å². The number of benzene rings is 2. The van der Waals surface area contributed by atoms with Gasteiger partial charge in [-0.3, -0.25) is 4.90 Å². The van der Waals surface area contributed by atoms with Crippen molar-refractivity contribution in [1.82, 2.24) is 4.90 Å². The van der Waals surface area contributed by atoms with Crippen molar-refractivity contribution in [1.29, 1.82) is 0 Å². The molecule has 2 nitrogen and oxygen atoms in total. The van der Waals surface area contributed by atoms with Crippen molar-refractivity contribution in [3.8, 4) is 0 Å². The Hall–Kier alpha value is -1.22. The molecule has 0 saturated carbocycles. The van der Waals surface area contributed by atoms with E-state index in [-0.39, 0.29) is 0 Å². The van der Waals surface area contributed by atoms with Crippen LogP contribution in [0.3, 0.4) is 0 Å². The molecule has 0 saturated heterocycles. The molecular weight excluding hydrogens is 279 g/mol. The van der Waals surface area contributed by atoms with Gasteiger partial charge in [0.1, 0.15) is 0 Å². The van der Waals surface area contributed by atoms with Crippen LogP contribution in [0.15, 0.2) is 42.5 Å². The van der Waals surface area contributed by atoms with Crippen molar-refractivity contribution in [2.75, 3.05) is 12.8 Å². The maximum Gasteiger partial charge on any atom is 0.0638 e. The molecule has 19 heavy (non-hydrogen) atoms. The van der Waals surface area contributed by atoms with Crippen LogP contribution in [0.2, 0.25) is 10.0 Å². The van der Waals surface area contributed by atoms with Crippen molar-refractivity contribution >= 4 is 28.9 Å². The Morgan fingerprint density at radius 1 is 1.00 bits per heavy atom.